The van der Waals surface area contributed by atoms with Gasteiger partial charge in [-0.3, -0.25) is 10.1 Å². The minimum atomic E-state index is -0.993. The average Bonchev–Trinajstić information content (AvgIpc) is 2.15. The van der Waals surface area contributed by atoms with Crippen molar-refractivity contribution in [2.75, 3.05) is 11.9 Å². The van der Waals surface area contributed by atoms with Gasteiger partial charge in [-0.15, -0.1) is 0 Å². The van der Waals surface area contributed by atoms with Gasteiger partial charge in [0, 0.05) is 6.54 Å². The van der Waals surface area contributed by atoms with Crippen LogP contribution in [0, 0.1) is 21.7 Å². The van der Waals surface area contributed by atoms with Crippen LogP contribution in [0.2, 0.25) is 0 Å². The number of hydrogen-bond acceptors (Lipinski definition) is 3. The average molecular weight is 228 g/mol. The Balaban J connectivity index is 3.03. The lowest BCUT2D eigenvalue weighted by atomic mass is 10.2. The number of anilines is 1. The minimum Gasteiger partial charge on any atom is -0.377 e. The van der Waals surface area contributed by atoms with Gasteiger partial charge in [0.2, 0.25) is 0 Å². The van der Waals surface area contributed by atoms with Crippen LogP contribution in [0.1, 0.15) is 6.92 Å². The Morgan fingerprint density at radius 2 is 2.00 bits per heavy atom. The smallest absolute Gasteiger partial charge is 0.275 e. The van der Waals surface area contributed by atoms with Gasteiger partial charge in [-0.25, -0.2) is 8.78 Å². The topological polar surface area (TPSA) is 55.2 Å². The summed E-state index contributed by atoms with van der Waals surface area (Å²) in [5, 5.41) is 12.8. The summed E-state index contributed by atoms with van der Waals surface area (Å²) >= 11 is 0. The molecule has 1 aromatic rings. The molecule has 1 aromatic carbocycles. The molecule has 0 unspecified atom stereocenters. The van der Waals surface area contributed by atoms with Gasteiger partial charge >= 0.3 is 0 Å². The van der Waals surface area contributed by atoms with Gasteiger partial charge in [-0.2, -0.15) is 0 Å². The molecule has 0 aliphatic carbocycles. The van der Waals surface area contributed by atoms with Gasteiger partial charge < -0.3 is 5.32 Å². The van der Waals surface area contributed by atoms with Crippen LogP contribution in [0.25, 0.3) is 0 Å². The summed E-state index contributed by atoms with van der Waals surface area (Å²) in [7, 11) is 0. The Morgan fingerprint density at radius 1 is 1.50 bits per heavy atom. The monoisotopic (exact) mass is 228 g/mol. The van der Waals surface area contributed by atoms with Crippen LogP contribution in [0.15, 0.2) is 24.3 Å². The molecule has 0 heterocycles. The summed E-state index contributed by atoms with van der Waals surface area (Å²) in [5.41, 5.74) is -0.304. The zero-order valence-electron chi connectivity index (χ0n) is 8.59. The number of halogens is 2. The van der Waals surface area contributed by atoms with Crippen molar-refractivity contribution in [3.05, 3.63) is 46.0 Å². The summed E-state index contributed by atoms with van der Waals surface area (Å²) < 4.78 is 26.6. The van der Waals surface area contributed by atoms with Crippen LogP contribution < -0.4 is 5.32 Å². The molecule has 0 bridgehead atoms. The van der Waals surface area contributed by atoms with Crippen LogP contribution in [0.5, 0.6) is 0 Å². The summed E-state index contributed by atoms with van der Waals surface area (Å²) in [6.07, 6.45) is 0. The Morgan fingerprint density at radius 3 is 2.38 bits per heavy atom. The number of hydrogen-bond donors (Lipinski definition) is 1. The van der Waals surface area contributed by atoms with Crippen molar-refractivity contribution in [1.29, 1.82) is 0 Å². The fraction of sp³-hybridized carbons (Fsp3) is 0.200. The molecule has 1 rings (SSSR count). The summed E-state index contributed by atoms with van der Waals surface area (Å²) in [6.45, 7) is 5.45. The van der Waals surface area contributed by atoms with Gasteiger partial charge in [-0.05, 0) is 6.92 Å². The van der Waals surface area contributed by atoms with Crippen molar-refractivity contribution in [3.8, 4) is 0 Å². The first-order chi connectivity index (χ1) is 7.41. The highest BCUT2D eigenvalue weighted by Gasteiger charge is 2.16. The van der Waals surface area contributed by atoms with Crippen LogP contribution in [0.4, 0.5) is 20.2 Å². The first-order valence-electron chi connectivity index (χ1n) is 4.43. The van der Waals surface area contributed by atoms with Crippen molar-refractivity contribution in [3.63, 3.8) is 0 Å². The van der Waals surface area contributed by atoms with E-state index in [1.807, 2.05) is 0 Å². The Labute approximate surface area is 90.7 Å². The number of nitro groups is 1. The van der Waals surface area contributed by atoms with Crippen molar-refractivity contribution < 1.29 is 13.7 Å². The van der Waals surface area contributed by atoms with Crippen LogP contribution in [-0.4, -0.2) is 11.5 Å². The molecule has 0 spiro atoms. The number of nitrogens with one attached hydrogen (secondary N) is 1. The highest BCUT2D eigenvalue weighted by molar-refractivity contribution is 5.52. The molecule has 16 heavy (non-hydrogen) atoms. The normalized spacial score (nSPS) is 9.94. The van der Waals surface area contributed by atoms with Crippen molar-refractivity contribution in [2.45, 2.75) is 6.92 Å². The Hall–Kier alpha value is -1.98. The highest BCUT2D eigenvalue weighted by Crippen LogP contribution is 2.24. The molecule has 4 nitrogen and oxygen atoms in total. The molecule has 0 saturated carbocycles. The summed E-state index contributed by atoms with van der Waals surface area (Å²) in [6, 6.07) is 1.34. The lowest BCUT2D eigenvalue weighted by molar-refractivity contribution is -0.385. The maximum atomic E-state index is 13.3. The first kappa shape index (κ1) is 12.1. The third kappa shape index (κ3) is 2.75. The van der Waals surface area contributed by atoms with E-state index in [1.54, 1.807) is 6.92 Å². The zero-order valence-corrected chi connectivity index (χ0v) is 8.59. The van der Waals surface area contributed by atoms with E-state index in [9.17, 15) is 18.9 Å². The Bertz CT molecular complexity index is 423. The van der Waals surface area contributed by atoms with Crippen LogP contribution in [-0.2, 0) is 0 Å². The van der Waals surface area contributed by atoms with Crippen LogP contribution in [0.3, 0.4) is 0 Å². The van der Waals surface area contributed by atoms with E-state index in [4.69, 9.17) is 0 Å². The fourth-order valence-electron chi connectivity index (χ4n) is 1.07. The standard InChI is InChI=1S/C10H10F2N2O2/c1-6(2)5-13-10-8(11)3-7(14(15)16)4-9(10)12/h3-4,13H,1,5H2,2H3. The lowest BCUT2D eigenvalue weighted by Gasteiger charge is -2.08. The minimum absolute atomic E-state index is 0.200. The Kier molecular flexibility index (Phi) is 3.55. The highest BCUT2D eigenvalue weighted by atomic mass is 19.1. The summed E-state index contributed by atoms with van der Waals surface area (Å²) in [5.74, 6) is -1.99. The molecule has 0 aliphatic heterocycles. The molecule has 0 radical (unpaired) electrons. The summed E-state index contributed by atoms with van der Waals surface area (Å²) in [4.78, 5) is 9.47. The molecular weight excluding hydrogens is 218 g/mol. The first-order valence-corrected chi connectivity index (χ1v) is 4.43. The van der Waals surface area contributed by atoms with E-state index < -0.39 is 22.2 Å². The zero-order chi connectivity index (χ0) is 12.3. The third-order valence-electron chi connectivity index (χ3n) is 1.80. The number of benzene rings is 1. The van der Waals surface area contributed by atoms with Gasteiger partial charge in [0.1, 0.15) is 5.69 Å². The van der Waals surface area contributed by atoms with E-state index in [0.29, 0.717) is 17.7 Å². The van der Waals surface area contributed by atoms with E-state index in [1.165, 1.54) is 0 Å². The molecule has 0 atom stereocenters. The fourth-order valence-corrected chi connectivity index (χ4v) is 1.07. The van der Waals surface area contributed by atoms with Gasteiger partial charge in [0.15, 0.2) is 11.6 Å². The molecule has 0 aliphatic rings. The predicted octanol–water partition coefficient (Wildman–Crippen LogP) is 2.86. The predicted molar refractivity (Wildman–Crippen MR) is 56.3 cm³/mol. The van der Waals surface area contributed by atoms with Crippen LogP contribution >= 0.6 is 0 Å². The van der Waals surface area contributed by atoms with Crippen molar-refractivity contribution in [2.24, 2.45) is 0 Å². The second-order valence-electron chi connectivity index (χ2n) is 3.35. The molecule has 86 valence electrons. The quantitative estimate of drug-likeness (QED) is 0.489. The lowest BCUT2D eigenvalue weighted by Crippen LogP contribution is -2.06. The number of non-ortho nitro benzene ring substituents is 1. The van der Waals surface area contributed by atoms with Crippen molar-refractivity contribution >= 4 is 11.4 Å². The molecule has 1 N–H and O–H groups in total. The number of nitro benzene ring substituents is 1. The maximum absolute atomic E-state index is 13.3. The molecule has 0 aromatic heterocycles. The number of nitrogens with zero attached hydrogens (tertiary/aromatic N) is 1. The molecule has 0 saturated heterocycles. The maximum Gasteiger partial charge on any atom is 0.275 e. The largest absolute Gasteiger partial charge is 0.377 e. The van der Waals surface area contributed by atoms with E-state index in [0.717, 1.165) is 0 Å². The third-order valence-corrected chi connectivity index (χ3v) is 1.80. The second-order valence-corrected chi connectivity index (χ2v) is 3.35. The van der Waals surface area contributed by atoms with E-state index in [2.05, 4.69) is 11.9 Å². The molecule has 0 fully saturated rings. The molecular formula is C10H10F2N2O2. The van der Waals surface area contributed by atoms with Crippen molar-refractivity contribution in [1.82, 2.24) is 0 Å². The van der Waals surface area contributed by atoms with Gasteiger partial charge in [-0.1, -0.05) is 12.2 Å². The van der Waals surface area contributed by atoms with E-state index >= 15 is 0 Å². The number of rotatable bonds is 4. The van der Waals surface area contributed by atoms with Gasteiger partial charge in [0.05, 0.1) is 17.1 Å². The van der Waals surface area contributed by atoms with E-state index in [-0.39, 0.29) is 12.2 Å². The SMILES string of the molecule is C=C(C)CNc1c(F)cc([N+](=O)[O-])cc1F. The van der Waals surface area contributed by atoms with Gasteiger partial charge in [0.25, 0.3) is 5.69 Å². The second kappa shape index (κ2) is 4.69. The molecule has 6 heteroatoms. The molecule has 0 amide bonds.